The Labute approximate surface area is 85.2 Å². The monoisotopic (exact) mass is 194 g/mol. The zero-order valence-corrected chi connectivity index (χ0v) is 9.00. The van der Waals surface area contributed by atoms with Crippen molar-refractivity contribution in [3.05, 3.63) is 29.3 Å². The average molecular weight is 194 g/mol. The highest BCUT2D eigenvalue weighted by molar-refractivity contribution is 5.35. The van der Waals surface area contributed by atoms with Gasteiger partial charge < -0.3 is 4.74 Å². The third kappa shape index (κ3) is 3.01. The van der Waals surface area contributed by atoms with E-state index in [2.05, 4.69) is 24.5 Å². The fraction of sp³-hybridized carbons (Fsp3) is 0.455. The third-order valence-corrected chi connectivity index (χ3v) is 2.12. The Bertz CT molecular complexity index is 299. The van der Waals surface area contributed by atoms with E-state index < -0.39 is 0 Å². The third-order valence-electron chi connectivity index (χ3n) is 2.12. The molecule has 0 aliphatic carbocycles. The van der Waals surface area contributed by atoms with Gasteiger partial charge in [-0.1, -0.05) is 12.1 Å². The summed E-state index contributed by atoms with van der Waals surface area (Å²) in [6, 6.07) is 6.34. The van der Waals surface area contributed by atoms with Crippen LogP contribution in [0.25, 0.3) is 0 Å². The van der Waals surface area contributed by atoms with Crippen LogP contribution in [0.5, 0.6) is 5.75 Å². The average Bonchev–Trinajstić information content (AvgIpc) is 2.19. The Morgan fingerprint density at radius 1 is 1.43 bits per heavy atom. The minimum absolute atomic E-state index is 0.162. The summed E-state index contributed by atoms with van der Waals surface area (Å²) in [5.41, 5.74) is 5.00. The van der Waals surface area contributed by atoms with E-state index in [1.807, 2.05) is 19.9 Å². The number of nitrogens with one attached hydrogen (secondary N) is 1. The van der Waals surface area contributed by atoms with Crippen LogP contribution in [0.2, 0.25) is 0 Å². The zero-order valence-electron chi connectivity index (χ0n) is 9.00. The molecule has 0 aromatic heterocycles. The van der Waals surface area contributed by atoms with Crippen LogP contribution in [-0.4, -0.2) is 12.6 Å². The minimum Gasteiger partial charge on any atom is -0.492 e. The summed E-state index contributed by atoms with van der Waals surface area (Å²) in [5, 5.41) is 0. The molecule has 14 heavy (non-hydrogen) atoms. The molecule has 0 amide bonds. The Morgan fingerprint density at radius 2 is 2.14 bits per heavy atom. The highest BCUT2D eigenvalue weighted by atomic mass is 16.5. The van der Waals surface area contributed by atoms with E-state index in [9.17, 15) is 0 Å². The Morgan fingerprint density at radius 3 is 2.79 bits per heavy atom. The van der Waals surface area contributed by atoms with Gasteiger partial charge in [0, 0.05) is 0 Å². The maximum Gasteiger partial charge on any atom is 0.122 e. The lowest BCUT2D eigenvalue weighted by atomic mass is 10.1. The molecular weight excluding hydrogens is 176 g/mol. The lowest BCUT2D eigenvalue weighted by Crippen LogP contribution is -2.37. The predicted octanol–water partition coefficient (Wildman–Crippen LogP) is 1.53. The van der Waals surface area contributed by atoms with Crippen LogP contribution in [0, 0.1) is 13.8 Å². The molecule has 1 atom stereocenters. The van der Waals surface area contributed by atoms with Crippen molar-refractivity contribution in [3.8, 4) is 5.75 Å². The molecule has 3 N–H and O–H groups in total. The molecule has 1 aromatic rings. The van der Waals surface area contributed by atoms with Crippen LogP contribution in [0.4, 0.5) is 0 Å². The molecule has 78 valence electrons. The van der Waals surface area contributed by atoms with Gasteiger partial charge in [-0.15, -0.1) is 0 Å². The molecule has 0 bridgehead atoms. The molecule has 0 spiro atoms. The van der Waals surface area contributed by atoms with Crippen molar-refractivity contribution in [2.45, 2.75) is 26.8 Å². The summed E-state index contributed by atoms with van der Waals surface area (Å²) in [6.07, 6.45) is 0. The summed E-state index contributed by atoms with van der Waals surface area (Å²) in [6.45, 7) is 6.65. The first-order valence-corrected chi connectivity index (χ1v) is 4.79. The predicted molar refractivity (Wildman–Crippen MR) is 58.2 cm³/mol. The van der Waals surface area contributed by atoms with Crippen molar-refractivity contribution in [3.63, 3.8) is 0 Å². The van der Waals surface area contributed by atoms with Crippen molar-refractivity contribution in [1.29, 1.82) is 0 Å². The molecular formula is C11H18N2O. The van der Waals surface area contributed by atoms with Gasteiger partial charge in [-0.3, -0.25) is 11.3 Å². The molecule has 0 saturated heterocycles. The highest BCUT2D eigenvalue weighted by Gasteiger charge is 2.02. The molecule has 3 nitrogen and oxygen atoms in total. The molecule has 0 saturated carbocycles. The lowest BCUT2D eigenvalue weighted by molar-refractivity contribution is 0.273. The highest BCUT2D eigenvalue weighted by Crippen LogP contribution is 2.18. The van der Waals surface area contributed by atoms with E-state index in [1.165, 1.54) is 5.56 Å². The number of hydrazine groups is 1. The van der Waals surface area contributed by atoms with Gasteiger partial charge in [0.15, 0.2) is 0 Å². The molecule has 0 aliphatic rings. The van der Waals surface area contributed by atoms with Crippen molar-refractivity contribution >= 4 is 0 Å². The summed E-state index contributed by atoms with van der Waals surface area (Å²) in [4.78, 5) is 0. The maximum absolute atomic E-state index is 5.63. The van der Waals surface area contributed by atoms with Crippen molar-refractivity contribution in [1.82, 2.24) is 5.43 Å². The van der Waals surface area contributed by atoms with Gasteiger partial charge in [-0.05, 0) is 38.0 Å². The fourth-order valence-electron chi connectivity index (χ4n) is 1.13. The minimum atomic E-state index is 0.162. The molecule has 1 rings (SSSR count). The van der Waals surface area contributed by atoms with Gasteiger partial charge in [0.05, 0.1) is 6.04 Å². The van der Waals surface area contributed by atoms with Crippen LogP contribution in [0.1, 0.15) is 18.1 Å². The second-order valence-corrected chi connectivity index (χ2v) is 3.65. The van der Waals surface area contributed by atoms with E-state index in [1.54, 1.807) is 0 Å². The van der Waals surface area contributed by atoms with E-state index in [0.717, 1.165) is 11.3 Å². The first-order chi connectivity index (χ1) is 6.63. The van der Waals surface area contributed by atoms with Gasteiger partial charge in [0.1, 0.15) is 12.4 Å². The van der Waals surface area contributed by atoms with E-state index in [4.69, 9.17) is 10.6 Å². The summed E-state index contributed by atoms with van der Waals surface area (Å²) >= 11 is 0. The van der Waals surface area contributed by atoms with E-state index in [-0.39, 0.29) is 6.04 Å². The van der Waals surface area contributed by atoms with Crippen molar-refractivity contribution < 1.29 is 4.74 Å². The second-order valence-electron chi connectivity index (χ2n) is 3.65. The molecule has 0 radical (unpaired) electrons. The van der Waals surface area contributed by atoms with Crippen molar-refractivity contribution in [2.24, 2.45) is 5.84 Å². The summed E-state index contributed by atoms with van der Waals surface area (Å²) in [7, 11) is 0. The van der Waals surface area contributed by atoms with Crippen molar-refractivity contribution in [2.75, 3.05) is 6.61 Å². The Hall–Kier alpha value is -1.06. The largest absolute Gasteiger partial charge is 0.492 e. The quantitative estimate of drug-likeness (QED) is 0.564. The van der Waals surface area contributed by atoms with Crippen LogP contribution < -0.4 is 16.0 Å². The first-order valence-electron chi connectivity index (χ1n) is 4.79. The van der Waals surface area contributed by atoms with Gasteiger partial charge in [-0.25, -0.2) is 0 Å². The molecule has 0 aliphatic heterocycles. The number of ether oxygens (including phenoxy) is 1. The fourth-order valence-corrected chi connectivity index (χ4v) is 1.13. The van der Waals surface area contributed by atoms with Gasteiger partial charge in [-0.2, -0.15) is 0 Å². The summed E-state index contributed by atoms with van der Waals surface area (Å²) < 4.78 is 5.63. The maximum atomic E-state index is 5.63. The van der Waals surface area contributed by atoms with E-state index >= 15 is 0 Å². The van der Waals surface area contributed by atoms with Crippen LogP contribution in [0.3, 0.4) is 0 Å². The van der Waals surface area contributed by atoms with Gasteiger partial charge in [0.25, 0.3) is 0 Å². The Balaban J connectivity index is 2.62. The number of hydrogen-bond acceptors (Lipinski definition) is 3. The number of benzene rings is 1. The Kier molecular flexibility index (Phi) is 3.92. The first kappa shape index (κ1) is 11.0. The zero-order chi connectivity index (χ0) is 10.6. The molecule has 0 heterocycles. The second kappa shape index (κ2) is 4.98. The van der Waals surface area contributed by atoms with E-state index in [0.29, 0.717) is 6.61 Å². The number of rotatable bonds is 4. The van der Waals surface area contributed by atoms with Crippen LogP contribution >= 0.6 is 0 Å². The summed E-state index contributed by atoms with van der Waals surface area (Å²) in [5.74, 6) is 6.21. The smallest absolute Gasteiger partial charge is 0.122 e. The molecule has 0 fully saturated rings. The molecule has 1 aromatic carbocycles. The van der Waals surface area contributed by atoms with Gasteiger partial charge in [0.2, 0.25) is 0 Å². The van der Waals surface area contributed by atoms with Crippen LogP contribution in [-0.2, 0) is 0 Å². The SMILES string of the molecule is Cc1ccc(C)c(OCC(C)NN)c1. The number of aryl methyl sites for hydroxylation is 2. The number of nitrogens with two attached hydrogens (primary N) is 1. The standard InChI is InChI=1S/C11H18N2O/c1-8-4-5-9(2)11(6-8)14-7-10(3)13-12/h4-6,10,13H,7,12H2,1-3H3. The molecule has 3 heteroatoms. The lowest BCUT2D eigenvalue weighted by Gasteiger charge is -2.13. The van der Waals surface area contributed by atoms with Crippen LogP contribution in [0.15, 0.2) is 18.2 Å². The topological polar surface area (TPSA) is 47.3 Å². The molecule has 1 unspecified atom stereocenters. The number of hydrogen-bond donors (Lipinski definition) is 2. The van der Waals surface area contributed by atoms with Gasteiger partial charge >= 0.3 is 0 Å². The normalized spacial score (nSPS) is 12.6.